The van der Waals surface area contributed by atoms with Crippen LogP contribution in [0.3, 0.4) is 0 Å². The fourth-order valence-corrected chi connectivity index (χ4v) is 4.81. The van der Waals surface area contributed by atoms with Crippen LogP contribution in [0.15, 0.2) is 24.5 Å². The van der Waals surface area contributed by atoms with E-state index in [1.807, 2.05) is 62.3 Å². The standard InChI is InChI=1S/C33H57N7O5/c1-11-22(9)28(40-30(42)24-13-15-34-16-14-24)33(45)39-27(21(7)8)32(44)37-25(17-19(3)4)18-36-23(10)29(41)38-26(20(5)6)31(43)35-12-2/h13-16,19-23,25-28,36H,11-12,17-18H2,1-10H3,(H,35,43)(H,37,44)(H,38,41)(H,39,45)(H,40,42)/p+1/t22-,23-,25?,26?,27-,28?/m0/s1. The lowest BCUT2D eigenvalue weighted by Gasteiger charge is -2.30. The molecule has 1 aromatic rings. The largest absolute Gasteiger partial charge is 0.355 e. The Balaban J connectivity index is 2.97. The van der Waals surface area contributed by atoms with Crippen molar-refractivity contribution in [2.75, 3.05) is 13.1 Å². The second-order valence-corrected chi connectivity index (χ2v) is 12.9. The first-order valence-corrected chi connectivity index (χ1v) is 16.3. The number of likely N-dealkylation sites (N-methyl/N-ethyl adjacent to an activating group) is 1. The first-order valence-electron chi connectivity index (χ1n) is 16.3. The first kappa shape index (κ1) is 39.5. The molecule has 1 rings (SSSR count). The molecule has 0 bridgehead atoms. The van der Waals surface area contributed by atoms with Crippen molar-refractivity contribution in [3.63, 3.8) is 0 Å². The summed E-state index contributed by atoms with van der Waals surface area (Å²) in [4.78, 5) is 68.2. The van der Waals surface area contributed by atoms with E-state index >= 15 is 0 Å². The summed E-state index contributed by atoms with van der Waals surface area (Å²) < 4.78 is 0. The van der Waals surface area contributed by atoms with Crippen LogP contribution < -0.4 is 36.9 Å². The molecule has 0 spiro atoms. The quantitative estimate of drug-likeness (QED) is 0.135. The number of nitrogens with one attached hydrogen (secondary N) is 7. The maximum atomic E-state index is 13.6. The number of aromatic amines is 1. The van der Waals surface area contributed by atoms with Gasteiger partial charge in [0.25, 0.3) is 5.91 Å². The Hall–Kier alpha value is -3.54. The summed E-state index contributed by atoms with van der Waals surface area (Å²) in [6.07, 6.45) is 4.56. The molecule has 0 aliphatic rings. The first-order chi connectivity index (χ1) is 21.1. The summed E-state index contributed by atoms with van der Waals surface area (Å²) in [5.41, 5.74) is 0.420. The van der Waals surface area contributed by atoms with Gasteiger partial charge in [0.1, 0.15) is 18.1 Å². The molecule has 12 heteroatoms. The number of carbonyl (C=O) groups excluding carboxylic acids is 5. The zero-order chi connectivity index (χ0) is 34.3. The average molecular weight is 633 g/mol. The monoisotopic (exact) mass is 632 g/mol. The Morgan fingerprint density at radius 1 is 0.689 bits per heavy atom. The van der Waals surface area contributed by atoms with Crippen LogP contribution >= 0.6 is 0 Å². The van der Waals surface area contributed by atoms with Gasteiger partial charge >= 0.3 is 0 Å². The predicted octanol–water partition coefficient (Wildman–Crippen LogP) is 1.57. The molecule has 45 heavy (non-hydrogen) atoms. The topological polar surface area (TPSA) is 172 Å². The number of pyridine rings is 1. The van der Waals surface area contributed by atoms with Crippen molar-refractivity contribution < 1.29 is 29.0 Å². The molecule has 1 aromatic heterocycles. The van der Waals surface area contributed by atoms with Gasteiger partial charge in [0.2, 0.25) is 23.6 Å². The summed E-state index contributed by atoms with van der Waals surface area (Å²) in [5.74, 6) is -1.92. The molecule has 0 aromatic carbocycles. The van der Waals surface area contributed by atoms with Crippen LogP contribution in [0.1, 0.15) is 92.4 Å². The van der Waals surface area contributed by atoms with E-state index in [2.05, 4.69) is 36.9 Å². The molecular weight excluding hydrogens is 574 g/mol. The van der Waals surface area contributed by atoms with E-state index in [1.165, 1.54) is 0 Å². The molecule has 6 atom stereocenters. The molecule has 254 valence electrons. The highest BCUT2D eigenvalue weighted by Gasteiger charge is 2.33. The third kappa shape index (κ3) is 13.5. The molecule has 12 nitrogen and oxygen atoms in total. The minimum absolute atomic E-state index is 0.0888. The van der Waals surface area contributed by atoms with Crippen molar-refractivity contribution >= 4 is 29.5 Å². The fourth-order valence-electron chi connectivity index (χ4n) is 4.81. The van der Waals surface area contributed by atoms with E-state index in [9.17, 15) is 24.0 Å². The lowest BCUT2D eigenvalue weighted by atomic mass is 9.95. The Morgan fingerprint density at radius 2 is 1.22 bits per heavy atom. The molecule has 0 saturated heterocycles. The number of hydrogen-bond donors (Lipinski definition) is 6. The smallest absolute Gasteiger partial charge is 0.252 e. The SMILES string of the molecule is CCNC(=O)C(NC(=O)[C@H](C)NCC(CC(C)C)NC(=O)[C@@H](NC(=O)C(NC(=O)c1cc[nH+]cc1)[C@@H](C)CC)C(C)C)C(C)C. The second kappa shape index (κ2) is 19.8. The van der Waals surface area contributed by atoms with Gasteiger partial charge in [0, 0.05) is 31.3 Å². The van der Waals surface area contributed by atoms with E-state index in [1.54, 1.807) is 31.5 Å². The van der Waals surface area contributed by atoms with E-state index in [-0.39, 0.29) is 53.3 Å². The highest BCUT2D eigenvalue weighted by Crippen LogP contribution is 2.12. The van der Waals surface area contributed by atoms with Crippen molar-refractivity contribution in [3.8, 4) is 0 Å². The number of carbonyl (C=O) groups is 5. The van der Waals surface area contributed by atoms with E-state index in [0.29, 0.717) is 31.5 Å². The average Bonchev–Trinajstić information content (AvgIpc) is 2.98. The minimum atomic E-state index is -0.841. The van der Waals surface area contributed by atoms with Gasteiger partial charge < -0.3 is 31.9 Å². The van der Waals surface area contributed by atoms with Gasteiger partial charge in [-0.15, -0.1) is 0 Å². The Bertz CT molecular complexity index is 1100. The molecule has 0 aliphatic heterocycles. The van der Waals surface area contributed by atoms with Gasteiger partial charge in [-0.05, 0) is 43.9 Å². The minimum Gasteiger partial charge on any atom is -0.355 e. The maximum Gasteiger partial charge on any atom is 0.252 e. The number of hydrogen-bond acceptors (Lipinski definition) is 6. The molecule has 0 aliphatic carbocycles. The third-order valence-corrected chi connectivity index (χ3v) is 7.77. The van der Waals surface area contributed by atoms with Crippen molar-refractivity contribution in [2.24, 2.45) is 23.7 Å². The van der Waals surface area contributed by atoms with Crippen LogP contribution in [0.5, 0.6) is 0 Å². The number of H-pyrrole nitrogens is 1. The molecule has 7 N–H and O–H groups in total. The van der Waals surface area contributed by atoms with Gasteiger partial charge in [-0.3, -0.25) is 24.0 Å². The van der Waals surface area contributed by atoms with E-state index in [4.69, 9.17) is 0 Å². The Kier molecular flexibility index (Phi) is 17.3. The van der Waals surface area contributed by atoms with Gasteiger partial charge in [0.15, 0.2) is 12.4 Å². The normalized spacial score (nSPS) is 15.4. The summed E-state index contributed by atoms with van der Waals surface area (Å²) in [5, 5.41) is 17.6. The van der Waals surface area contributed by atoms with Crippen LogP contribution in [-0.4, -0.2) is 72.8 Å². The molecule has 5 amide bonds. The number of aromatic nitrogens is 1. The van der Waals surface area contributed by atoms with Crippen molar-refractivity contribution in [2.45, 2.75) is 112 Å². The fraction of sp³-hybridized carbons (Fsp3) is 0.697. The lowest BCUT2D eigenvalue weighted by molar-refractivity contribution is -0.378. The van der Waals surface area contributed by atoms with Crippen LogP contribution in [0.4, 0.5) is 0 Å². The van der Waals surface area contributed by atoms with Gasteiger partial charge in [0.05, 0.1) is 11.6 Å². The van der Waals surface area contributed by atoms with Crippen LogP contribution in [0, 0.1) is 23.7 Å². The lowest BCUT2D eigenvalue weighted by Crippen LogP contribution is -2.59. The molecule has 1 heterocycles. The number of amides is 5. The Labute approximate surface area is 269 Å². The molecule has 3 unspecified atom stereocenters. The summed E-state index contributed by atoms with van der Waals surface area (Å²) in [6, 6.07) is -0.00703. The zero-order valence-corrected chi connectivity index (χ0v) is 28.9. The Morgan fingerprint density at radius 3 is 1.73 bits per heavy atom. The van der Waals surface area contributed by atoms with Gasteiger partial charge in [-0.1, -0.05) is 61.8 Å². The van der Waals surface area contributed by atoms with E-state index < -0.39 is 30.1 Å². The maximum absolute atomic E-state index is 13.6. The van der Waals surface area contributed by atoms with Crippen LogP contribution in [0.25, 0.3) is 0 Å². The summed E-state index contributed by atoms with van der Waals surface area (Å²) in [7, 11) is 0. The molecular formula is C33H58N7O5+. The van der Waals surface area contributed by atoms with Crippen LogP contribution in [-0.2, 0) is 19.2 Å². The highest BCUT2D eigenvalue weighted by molar-refractivity contribution is 5.98. The van der Waals surface area contributed by atoms with E-state index in [0.717, 1.165) is 0 Å². The molecule has 0 fully saturated rings. The predicted molar refractivity (Wildman–Crippen MR) is 175 cm³/mol. The molecule has 0 saturated carbocycles. The van der Waals surface area contributed by atoms with Crippen LogP contribution in [0.2, 0.25) is 0 Å². The molecule has 0 radical (unpaired) electrons. The van der Waals surface area contributed by atoms with Crippen molar-refractivity contribution in [1.82, 2.24) is 31.9 Å². The second-order valence-electron chi connectivity index (χ2n) is 12.9. The zero-order valence-electron chi connectivity index (χ0n) is 28.9. The highest BCUT2D eigenvalue weighted by atomic mass is 16.2. The summed E-state index contributed by atoms with van der Waals surface area (Å²) in [6.45, 7) is 19.7. The summed E-state index contributed by atoms with van der Waals surface area (Å²) >= 11 is 0. The van der Waals surface area contributed by atoms with Crippen molar-refractivity contribution in [1.29, 1.82) is 0 Å². The van der Waals surface area contributed by atoms with Gasteiger partial charge in [-0.25, -0.2) is 4.98 Å². The van der Waals surface area contributed by atoms with Crippen molar-refractivity contribution in [3.05, 3.63) is 30.1 Å². The third-order valence-electron chi connectivity index (χ3n) is 7.77. The van der Waals surface area contributed by atoms with Gasteiger partial charge in [-0.2, -0.15) is 0 Å². The number of rotatable bonds is 19.